The van der Waals surface area contributed by atoms with E-state index in [-0.39, 0.29) is 52.0 Å². The predicted octanol–water partition coefficient (Wildman–Crippen LogP) is 6.38. The molecule has 5 aliphatic rings. The van der Waals surface area contributed by atoms with Crippen molar-refractivity contribution >= 4 is 11.9 Å². The Bertz CT molecular complexity index is 1080. The van der Waals surface area contributed by atoms with E-state index in [1.165, 1.54) is 5.57 Å². The Labute approximate surface area is 241 Å². The van der Waals surface area contributed by atoms with E-state index in [1.807, 2.05) is 27.7 Å². The SMILES string of the molecule is CC(C)=CCC[C@]1(C(=O)O)C[C@@]12[C@@H](OC(=O)C(C)C)C[C@@]1(C)[C@H]2CC(O)C2[C@]1(C)CC[C@H]1[C@H](C)[C@H](O)CC[C@]21C. The fraction of sp³-hybridized carbons (Fsp3) is 0.882. The summed E-state index contributed by atoms with van der Waals surface area (Å²) in [5, 5.41) is 33.7. The van der Waals surface area contributed by atoms with E-state index in [4.69, 9.17) is 4.74 Å². The van der Waals surface area contributed by atoms with Crippen molar-refractivity contribution in [3.8, 4) is 0 Å². The number of aliphatic hydroxyl groups excluding tert-OH is 2. The fourth-order valence-electron chi connectivity index (χ4n) is 11.6. The Balaban J connectivity index is 1.59. The number of fused-ring (bicyclic) bond motifs is 6. The molecule has 2 unspecified atom stereocenters. The summed E-state index contributed by atoms with van der Waals surface area (Å²) in [7, 11) is 0. The van der Waals surface area contributed by atoms with E-state index in [0.29, 0.717) is 38.0 Å². The Kier molecular flexibility index (Phi) is 7.18. The lowest BCUT2D eigenvalue weighted by molar-refractivity contribution is -0.241. The normalized spacial score (nSPS) is 51.0. The second-order valence-electron chi connectivity index (χ2n) is 16.0. The standard InChI is InChI=1S/C34H54O6/c1-19(2)10-9-13-33(29(38)39)18-34(33)25-16-24(36)27-30(6)14-12-23(35)21(5)22(30)11-15-31(27,7)32(25,8)17-26(34)40-28(37)20(3)4/h10,20-27,35-36H,9,11-18H2,1-8H3,(H,38,39)/t21-,22-,23+,24?,25+,26-,27?,30-,31-,32-,33+,34+/m0/s1. The summed E-state index contributed by atoms with van der Waals surface area (Å²) >= 11 is 0. The minimum Gasteiger partial charge on any atom is -0.481 e. The molecule has 226 valence electrons. The van der Waals surface area contributed by atoms with Gasteiger partial charge < -0.3 is 20.1 Å². The third-order valence-corrected chi connectivity index (χ3v) is 13.8. The average molecular weight is 559 g/mol. The van der Waals surface area contributed by atoms with Gasteiger partial charge in [-0.2, -0.15) is 0 Å². The number of carboxylic acids is 1. The molecule has 0 aliphatic heterocycles. The highest BCUT2D eigenvalue weighted by molar-refractivity contribution is 5.81. The summed E-state index contributed by atoms with van der Waals surface area (Å²) in [6.07, 6.45) is 7.39. The summed E-state index contributed by atoms with van der Waals surface area (Å²) in [6.45, 7) is 17.0. The van der Waals surface area contributed by atoms with E-state index in [0.717, 1.165) is 25.7 Å². The van der Waals surface area contributed by atoms with Gasteiger partial charge in [0.05, 0.1) is 23.5 Å². The summed E-state index contributed by atoms with van der Waals surface area (Å²) in [5.41, 5.74) is -1.00. The topological polar surface area (TPSA) is 104 Å². The minimum absolute atomic E-state index is 0.0317. The van der Waals surface area contributed by atoms with Crippen LogP contribution in [0.15, 0.2) is 11.6 Å². The smallest absolute Gasteiger partial charge is 0.310 e. The van der Waals surface area contributed by atoms with Crippen LogP contribution < -0.4 is 0 Å². The molecule has 5 aliphatic carbocycles. The molecule has 0 saturated heterocycles. The molecule has 0 aromatic heterocycles. The first-order valence-corrected chi connectivity index (χ1v) is 16.0. The van der Waals surface area contributed by atoms with Gasteiger partial charge in [0, 0.05) is 5.41 Å². The Hall–Kier alpha value is -1.40. The molecule has 3 N–H and O–H groups in total. The zero-order valence-corrected chi connectivity index (χ0v) is 26.1. The second kappa shape index (κ2) is 9.56. The van der Waals surface area contributed by atoms with Crippen LogP contribution in [0.1, 0.15) is 113 Å². The first kappa shape index (κ1) is 30.1. The maximum Gasteiger partial charge on any atom is 0.310 e. The number of aliphatic carboxylic acids is 1. The van der Waals surface area contributed by atoms with Crippen molar-refractivity contribution in [3.63, 3.8) is 0 Å². The van der Waals surface area contributed by atoms with Gasteiger partial charge in [0.1, 0.15) is 6.10 Å². The van der Waals surface area contributed by atoms with Crippen LogP contribution in [0.4, 0.5) is 0 Å². The van der Waals surface area contributed by atoms with Gasteiger partial charge in [-0.25, -0.2) is 0 Å². The number of aliphatic hydroxyl groups is 2. The van der Waals surface area contributed by atoms with Gasteiger partial charge >= 0.3 is 11.9 Å². The molecule has 5 fully saturated rings. The third-order valence-electron chi connectivity index (χ3n) is 13.8. The fourth-order valence-corrected chi connectivity index (χ4v) is 11.6. The van der Waals surface area contributed by atoms with E-state index in [1.54, 1.807) is 0 Å². The molecule has 6 heteroatoms. The van der Waals surface area contributed by atoms with Crippen LogP contribution in [-0.4, -0.2) is 45.6 Å². The molecule has 40 heavy (non-hydrogen) atoms. The summed E-state index contributed by atoms with van der Waals surface area (Å²) in [5.74, 6) is -0.723. The first-order chi connectivity index (χ1) is 18.5. The van der Waals surface area contributed by atoms with Crippen LogP contribution in [-0.2, 0) is 14.3 Å². The van der Waals surface area contributed by atoms with Gasteiger partial charge in [-0.3, -0.25) is 9.59 Å². The summed E-state index contributed by atoms with van der Waals surface area (Å²) in [6, 6.07) is 0. The van der Waals surface area contributed by atoms with Gasteiger partial charge in [0.15, 0.2) is 0 Å². The first-order valence-electron chi connectivity index (χ1n) is 16.0. The van der Waals surface area contributed by atoms with E-state index in [9.17, 15) is 24.9 Å². The highest BCUT2D eigenvalue weighted by Gasteiger charge is 2.86. The van der Waals surface area contributed by atoms with Gasteiger partial charge in [-0.05, 0) is 112 Å². The lowest BCUT2D eigenvalue weighted by atomic mass is 9.36. The monoisotopic (exact) mass is 558 g/mol. The zero-order valence-electron chi connectivity index (χ0n) is 26.1. The highest BCUT2D eigenvalue weighted by atomic mass is 16.5. The maximum atomic E-state index is 13.2. The second-order valence-corrected chi connectivity index (χ2v) is 16.0. The van der Waals surface area contributed by atoms with Crippen molar-refractivity contribution in [3.05, 3.63) is 11.6 Å². The van der Waals surface area contributed by atoms with Crippen molar-refractivity contribution in [1.82, 2.24) is 0 Å². The summed E-state index contributed by atoms with van der Waals surface area (Å²) < 4.78 is 6.33. The molecule has 12 atom stereocenters. The van der Waals surface area contributed by atoms with Crippen LogP contribution in [0, 0.1) is 56.7 Å². The Morgan fingerprint density at radius 1 is 1.02 bits per heavy atom. The molecule has 0 aromatic rings. The predicted molar refractivity (Wildman–Crippen MR) is 154 cm³/mol. The number of rotatable bonds is 6. The molecular formula is C34H54O6. The average Bonchev–Trinajstić information content (AvgIpc) is 3.47. The number of carbonyl (C=O) groups excluding carboxylic acids is 1. The molecule has 6 nitrogen and oxygen atoms in total. The van der Waals surface area contributed by atoms with Crippen molar-refractivity contribution in [2.24, 2.45) is 56.7 Å². The van der Waals surface area contributed by atoms with Crippen molar-refractivity contribution in [2.45, 2.75) is 131 Å². The van der Waals surface area contributed by atoms with Crippen LogP contribution in [0.25, 0.3) is 0 Å². The lowest BCUT2D eigenvalue weighted by Crippen LogP contribution is -2.66. The van der Waals surface area contributed by atoms with Crippen molar-refractivity contribution in [2.75, 3.05) is 0 Å². The molecule has 0 amide bonds. The van der Waals surface area contributed by atoms with Gasteiger partial charge in [-0.1, -0.05) is 53.2 Å². The molecular weight excluding hydrogens is 504 g/mol. The highest BCUT2D eigenvalue weighted by Crippen LogP contribution is 2.85. The molecule has 0 bridgehead atoms. The number of ether oxygens (including phenoxy) is 1. The largest absolute Gasteiger partial charge is 0.481 e. The number of esters is 1. The summed E-state index contributed by atoms with van der Waals surface area (Å²) in [4.78, 5) is 26.3. The van der Waals surface area contributed by atoms with Crippen LogP contribution in [0.2, 0.25) is 0 Å². The van der Waals surface area contributed by atoms with E-state index >= 15 is 0 Å². The molecule has 5 rings (SSSR count). The Morgan fingerprint density at radius 2 is 1.70 bits per heavy atom. The van der Waals surface area contributed by atoms with Gasteiger partial charge in [0.25, 0.3) is 0 Å². The molecule has 0 aromatic carbocycles. The third kappa shape index (κ3) is 3.79. The van der Waals surface area contributed by atoms with Crippen LogP contribution in [0.5, 0.6) is 0 Å². The molecule has 0 heterocycles. The number of carbonyl (C=O) groups is 2. The maximum absolute atomic E-state index is 13.2. The van der Waals surface area contributed by atoms with Crippen molar-refractivity contribution in [1.29, 1.82) is 0 Å². The van der Waals surface area contributed by atoms with Gasteiger partial charge in [-0.15, -0.1) is 0 Å². The quantitative estimate of drug-likeness (QED) is 0.258. The number of allylic oxidation sites excluding steroid dienone is 2. The minimum atomic E-state index is -0.948. The van der Waals surface area contributed by atoms with Crippen molar-refractivity contribution < 1.29 is 29.6 Å². The number of hydrogen-bond acceptors (Lipinski definition) is 5. The van der Waals surface area contributed by atoms with Crippen LogP contribution >= 0.6 is 0 Å². The lowest BCUT2D eigenvalue weighted by Gasteiger charge is -2.69. The Morgan fingerprint density at radius 3 is 2.30 bits per heavy atom. The molecule has 0 radical (unpaired) electrons. The van der Waals surface area contributed by atoms with E-state index in [2.05, 4.69) is 33.8 Å². The van der Waals surface area contributed by atoms with Gasteiger partial charge in [0.2, 0.25) is 0 Å². The molecule has 5 saturated carbocycles. The zero-order chi connectivity index (χ0) is 29.6. The number of carboxylic acid groups (broad SMARTS) is 1. The van der Waals surface area contributed by atoms with Crippen LogP contribution in [0.3, 0.4) is 0 Å². The van der Waals surface area contributed by atoms with E-state index < -0.39 is 29.0 Å². The number of hydrogen-bond donors (Lipinski definition) is 3. The molecule has 1 spiro atoms.